The second-order valence-corrected chi connectivity index (χ2v) is 7.53. The van der Waals surface area contributed by atoms with Crippen molar-refractivity contribution in [2.45, 2.75) is 0 Å². The molecule has 3 aromatic carbocycles. The molecular formula is C28H27NO. The molecule has 0 saturated heterocycles. The third kappa shape index (κ3) is 5.53. The molecule has 0 aromatic heterocycles. The summed E-state index contributed by atoms with van der Waals surface area (Å²) >= 11 is 0. The lowest BCUT2D eigenvalue weighted by Gasteiger charge is -2.12. The summed E-state index contributed by atoms with van der Waals surface area (Å²) in [6.07, 6.45) is 7.86. The topological polar surface area (TPSA) is 20.3 Å². The van der Waals surface area contributed by atoms with Gasteiger partial charge in [0.15, 0.2) is 5.78 Å². The smallest absolute Gasteiger partial charge is 0.193 e. The molecule has 1 aliphatic rings. The van der Waals surface area contributed by atoms with Crippen LogP contribution in [0.15, 0.2) is 109 Å². The largest absolute Gasteiger partial charge is 0.312 e. The lowest BCUT2D eigenvalue weighted by molar-refractivity contribution is 0.103. The quantitative estimate of drug-likeness (QED) is 0.499. The number of benzene rings is 3. The second-order valence-electron chi connectivity index (χ2n) is 7.53. The normalized spacial score (nSPS) is 13.5. The molecule has 30 heavy (non-hydrogen) atoms. The number of allylic oxidation sites excluding steroid dienone is 4. The summed E-state index contributed by atoms with van der Waals surface area (Å²) in [6, 6.07) is 28.2. The highest BCUT2D eigenvalue weighted by atomic mass is 16.1. The van der Waals surface area contributed by atoms with E-state index < -0.39 is 0 Å². The number of carbonyl (C=O) groups is 1. The van der Waals surface area contributed by atoms with Gasteiger partial charge in [-0.3, -0.25) is 4.79 Å². The van der Waals surface area contributed by atoms with E-state index in [0.29, 0.717) is 5.57 Å². The lowest BCUT2D eigenvalue weighted by Crippen LogP contribution is -2.07. The number of hydrogen-bond donors (Lipinski definition) is 0. The van der Waals surface area contributed by atoms with Crippen LogP contribution in [0.2, 0.25) is 0 Å². The Morgan fingerprint density at radius 3 is 1.77 bits per heavy atom. The second kappa shape index (κ2) is 10.3. The van der Waals surface area contributed by atoms with Crippen molar-refractivity contribution in [1.29, 1.82) is 0 Å². The highest BCUT2D eigenvalue weighted by molar-refractivity contribution is 6.15. The molecule has 0 spiro atoms. The molecule has 0 amide bonds. The molecule has 0 aliphatic heterocycles. The predicted octanol–water partition coefficient (Wildman–Crippen LogP) is 6.13. The fraction of sp³-hybridized carbons (Fsp3) is 0.107. The zero-order chi connectivity index (χ0) is 21.3. The fourth-order valence-electron chi connectivity index (χ4n) is 3.16. The first-order valence-electron chi connectivity index (χ1n) is 10.0. The van der Waals surface area contributed by atoms with E-state index in [9.17, 15) is 4.79 Å². The number of hydrogen-bond acceptors (Lipinski definition) is 2. The van der Waals surface area contributed by atoms with Crippen LogP contribution < -0.4 is 0 Å². The first-order valence-corrected chi connectivity index (χ1v) is 10.0. The van der Waals surface area contributed by atoms with Crippen molar-refractivity contribution < 1.29 is 4.79 Å². The van der Waals surface area contributed by atoms with Gasteiger partial charge in [0.05, 0.1) is 0 Å². The monoisotopic (exact) mass is 393 g/mol. The van der Waals surface area contributed by atoms with Gasteiger partial charge in [-0.15, -0.1) is 0 Å². The Hall–Kier alpha value is -3.49. The summed E-state index contributed by atoms with van der Waals surface area (Å²) in [6.45, 7) is 0. The molecule has 4 rings (SSSR count). The summed E-state index contributed by atoms with van der Waals surface area (Å²) in [5, 5.41) is 0. The molecule has 2 heteroatoms. The SMILES string of the molecule is CN(C)C.O=C1/C(=C\C=C(c2ccccc2)c2ccccc2)C=Cc2ccccc21. The van der Waals surface area contributed by atoms with E-state index in [2.05, 4.69) is 24.3 Å². The zero-order valence-corrected chi connectivity index (χ0v) is 17.7. The van der Waals surface area contributed by atoms with Gasteiger partial charge in [-0.1, -0.05) is 109 Å². The highest BCUT2D eigenvalue weighted by Crippen LogP contribution is 2.26. The third-order valence-electron chi connectivity index (χ3n) is 4.51. The van der Waals surface area contributed by atoms with Crippen LogP contribution in [0.5, 0.6) is 0 Å². The van der Waals surface area contributed by atoms with Gasteiger partial charge in [-0.25, -0.2) is 0 Å². The summed E-state index contributed by atoms with van der Waals surface area (Å²) in [5.74, 6) is 0.0693. The van der Waals surface area contributed by atoms with E-state index in [1.165, 1.54) is 0 Å². The van der Waals surface area contributed by atoms with E-state index in [1.807, 2.05) is 111 Å². The molecule has 0 fully saturated rings. The van der Waals surface area contributed by atoms with Crippen molar-refractivity contribution in [3.8, 4) is 0 Å². The summed E-state index contributed by atoms with van der Waals surface area (Å²) in [7, 11) is 6.00. The van der Waals surface area contributed by atoms with Crippen molar-refractivity contribution in [3.63, 3.8) is 0 Å². The Morgan fingerprint density at radius 1 is 0.700 bits per heavy atom. The number of carbonyl (C=O) groups excluding carboxylic acids is 1. The van der Waals surface area contributed by atoms with E-state index >= 15 is 0 Å². The Kier molecular flexibility index (Phi) is 7.31. The molecule has 0 bridgehead atoms. The van der Waals surface area contributed by atoms with Gasteiger partial charge in [0.25, 0.3) is 0 Å². The molecular weight excluding hydrogens is 366 g/mol. The molecule has 2 nitrogen and oxygen atoms in total. The van der Waals surface area contributed by atoms with Crippen LogP contribution in [0.1, 0.15) is 27.0 Å². The standard InChI is InChI=1S/C25H18O.C3H9N/c26-25-22(16-15-21-13-7-8-14-24(21)25)17-18-23(19-9-3-1-4-10-19)20-11-5-2-6-12-20;1-4(2)3/h1-18H;1-3H3/b22-17-;. The van der Waals surface area contributed by atoms with Gasteiger partial charge in [-0.05, 0) is 43.4 Å². The molecule has 3 aromatic rings. The summed E-state index contributed by atoms with van der Waals surface area (Å²) in [5.41, 5.74) is 5.79. The average Bonchev–Trinajstić information content (AvgIpc) is 2.77. The maximum atomic E-state index is 12.8. The fourth-order valence-corrected chi connectivity index (χ4v) is 3.16. The van der Waals surface area contributed by atoms with Crippen LogP contribution in [0.4, 0.5) is 0 Å². The zero-order valence-electron chi connectivity index (χ0n) is 17.7. The molecule has 0 atom stereocenters. The minimum Gasteiger partial charge on any atom is -0.312 e. The first kappa shape index (κ1) is 21.2. The van der Waals surface area contributed by atoms with Gasteiger partial charge in [0, 0.05) is 11.1 Å². The van der Waals surface area contributed by atoms with Crippen LogP contribution in [0, 0.1) is 0 Å². The number of nitrogens with zero attached hydrogens (tertiary/aromatic N) is 1. The minimum atomic E-state index is 0.0693. The van der Waals surface area contributed by atoms with Crippen LogP contribution in [-0.4, -0.2) is 31.8 Å². The summed E-state index contributed by atoms with van der Waals surface area (Å²) < 4.78 is 0. The first-order chi connectivity index (χ1) is 14.6. The predicted molar refractivity (Wildman–Crippen MR) is 127 cm³/mol. The van der Waals surface area contributed by atoms with Crippen molar-refractivity contribution in [2.24, 2.45) is 0 Å². The van der Waals surface area contributed by atoms with Gasteiger partial charge >= 0.3 is 0 Å². The van der Waals surface area contributed by atoms with Crippen molar-refractivity contribution in [1.82, 2.24) is 4.90 Å². The van der Waals surface area contributed by atoms with Crippen LogP contribution in [0.25, 0.3) is 11.6 Å². The molecule has 150 valence electrons. The Bertz CT molecular complexity index is 1030. The van der Waals surface area contributed by atoms with Gasteiger partial charge in [-0.2, -0.15) is 0 Å². The number of rotatable bonds is 3. The van der Waals surface area contributed by atoms with Crippen molar-refractivity contribution in [3.05, 3.63) is 131 Å². The van der Waals surface area contributed by atoms with E-state index in [0.717, 1.165) is 27.8 Å². The van der Waals surface area contributed by atoms with E-state index in [4.69, 9.17) is 0 Å². The maximum Gasteiger partial charge on any atom is 0.193 e. The van der Waals surface area contributed by atoms with E-state index in [-0.39, 0.29) is 5.78 Å². The molecule has 0 saturated carbocycles. The third-order valence-corrected chi connectivity index (χ3v) is 4.51. The Morgan fingerprint density at radius 2 is 1.20 bits per heavy atom. The van der Waals surface area contributed by atoms with Gasteiger partial charge in [0.1, 0.15) is 0 Å². The van der Waals surface area contributed by atoms with Crippen LogP contribution in [-0.2, 0) is 0 Å². The lowest BCUT2D eigenvalue weighted by atomic mass is 9.91. The molecule has 0 N–H and O–H groups in total. The van der Waals surface area contributed by atoms with Crippen molar-refractivity contribution >= 4 is 17.4 Å². The van der Waals surface area contributed by atoms with Gasteiger partial charge < -0.3 is 4.90 Å². The number of ketones is 1. The van der Waals surface area contributed by atoms with E-state index in [1.54, 1.807) is 0 Å². The average molecular weight is 394 g/mol. The highest BCUT2D eigenvalue weighted by Gasteiger charge is 2.16. The Balaban J connectivity index is 0.000000589. The van der Waals surface area contributed by atoms with Gasteiger partial charge in [0.2, 0.25) is 0 Å². The van der Waals surface area contributed by atoms with Crippen molar-refractivity contribution in [2.75, 3.05) is 21.1 Å². The molecule has 1 aliphatic carbocycles. The summed E-state index contributed by atoms with van der Waals surface area (Å²) in [4.78, 5) is 14.8. The van der Waals surface area contributed by atoms with Crippen LogP contribution in [0.3, 0.4) is 0 Å². The molecule has 0 radical (unpaired) electrons. The minimum absolute atomic E-state index is 0.0693. The van der Waals surface area contributed by atoms with Crippen LogP contribution >= 0.6 is 0 Å². The Labute approximate surface area is 179 Å². The molecule has 0 unspecified atom stereocenters. The maximum absolute atomic E-state index is 12.8. The number of fused-ring (bicyclic) bond motifs is 1. The number of Topliss-reactive ketones (excluding diaryl/α,β-unsaturated/α-hetero) is 1. The molecule has 0 heterocycles.